The average Bonchev–Trinajstić information content (AvgIpc) is 1.33. The maximum absolute atomic E-state index is 8.56. The van der Waals surface area contributed by atoms with Gasteiger partial charge in [0.1, 0.15) is 10.5 Å². The quantitative estimate of drug-likeness (QED) is 0.451. The van der Waals surface area contributed by atoms with E-state index in [1.807, 2.05) is 0 Å². The second-order valence-electron chi connectivity index (χ2n) is 0.794. The summed E-state index contributed by atoms with van der Waals surface area (Å²) in [7, 11) is -2.86. The van der Waals surface area contributed by atoms with E-state index in [1.165, 1.54) is 0 Å². The number of hydrogen-bond acceptors (Lipinski definition) is 2. The molecule has 0 aliphatic rings. The topological polar surface area (TPSA) is 56.4 Å². The molecule has 5 heteroatoms. The van der Waals surface area contributed by atoms with Gasteiger partial charge in [-0.1, -0.05) is 0 Å². The predicted molar refractivity (Wildman–Crippen MR) is 29.8 cm³/mol. The van der Waals surface area contributed by atoms with Crippen LogP contribution in [0.25, 0.3) is 4.78 Å². The summed E-state index contributed by atoms with van der Waals surface area (Å²) in [6.45, 7) is 0. The van der Waals surface area contributed by atoms with Gasteiger partial charge in [-0.2, -0.15) is 0 Å². The molecular weight excluding hydrogens is 129 g/mol. The van der Waals surface area contributed by atoms with E-state index in [2.05, 4.69) is 11.6 Å². The molecule has 0 aliphatic heterocycles. The first-order valence-electron chi connectivity index (χ1n) is 1.67. The van der Waals surface area contributed by atoms with Gasteiger partial charge in [0.15, 0.2) is 0 Å². The molecule has 0 amide bonds. The zero-order chi connectivity index (χ0) is 6.28. The van der Waals surface area contributed by atoms with E-state index >= 15 is 0 Å². The maximum atomic E-state index is 8.56. The van der Waals surface area contributed by atoms with Crippen LogP contribution in [0.5, 0.6) is 0 Å². The minimum Gasteiger partial charge on any atom is -0.686 e. The van der Waals surface area contributed by atoms with Crippen molar-refractivity contribution in [3.8, 4) is 0 Å². The van der Waals surface area contributed by atoms with Gasteiger partial charge in [-0.15, -0.1) is 0 Å². The van der Waals surface area contributed by atoms with Crippen LogP contribution in [-0.4, -0.2) is 23.6 Å². The Bertz CT molecular complexity index is 95.9. The fourth-order valence-electron chi connectivity index (χ4n) is 0. The first-order chi connectivity index (χ1) is 3.15. The molecule has 3 nitrogen and oxygen atoms in total. The second kappa shape index (κ2) is 9.47. The van der Waals surface area contributed by atoms with Crippen molar-refractivity contribution >= 4 is 25.7 Å². The van der Waals surface area contributed by atoms with Gasteiger partial charge in [-0.3, -0.25) is 0 Å². The zero-order valence-electron chi connectivity index (χ0n) is 4.25. The van der Waals surface area contributed by atoms with Crippen molar-refractivity contribution in [2.75, 3.05) is 0 Å². The first kappa shape index (κ1) is 10.2. The Kier molecular flexibility index (Phi) is 13.8. The van der Waals surface area contributed by atoms with Crippen LogP contribution >= 0.6 is 0 Å². The van der Waals surface area contributed by atoms with Gasteiger partial charge in [0.05, 0.1) is 0 Å². The summed E-state index contributed by atoms with van der Waals surface area (Å²) >= 11 is 0.750. The Hall–Kier alpha value is 0.152. The molecule has 40 valence electrons. The second-order valence-corrected chi connectivity index (χ2v) is 2.38. The van der Waals surface area contributed by atoms with Crippen LogP contribution in [0.3, 0.4) is 0 Å². The summed E-state index contributed by atoms with van der Waals surface area (Å²) in [4.78, 5) is 0. The largest absolute Gasteiger partial charge is 0.686 e. The molecule has 0 aromatic rings. The molecule has 7 heavy (non-hydrogen) atoms. The standard InChI is InChI=1S/2CH3.Al.NO2S/c;;;1-4(2)3/h2*1H3;;/q;;+1;-1. The molecule has 0 saturated heterocycles. The summed E-state index contributed by atoms with van der Waals surface area (Å²) in [6.07, 6.45) is 0. The van der Waals surface area contributed by atoms with E-state index in [4.69, 9.17) is 13.2 Å². The molecule has 0 fully saturated rings. The third-order valence-corrected chi connectivity index (χ3v) is 0. The van der Waals surface area contributed by atoms with Crippen molar-refractivity contribution < 1.29 is 8.42 Å². The van der Waals surface area contributed by atoms with Gasteiger partial charge in [0, 0.05) is 0 Å². The molecule has 0 aromatic carbocycles. The molecule has 0 unspecified atom stereocenters. The van der Waals surface area contributed by atoms with E-state index in [0.29, 0.717) is 0 Å². The Morgan fingerprint density at radius 3 is 1.43 bits per heavy atom. The van der Waals surface area contributed by atoms with Gasteiger partial charge < -0.3 is 4.78 Å². The maximum Gasteiger partial charge on any atom is 0.102 e. The van der Waals surface area contributed by atoms with Crippen molar-refractivity contribution in [2.24, 2.45) is 0 Å². The summed E-state index contributed by atoms with van der Waals surface area (Å²) in [5, 5.41) is 0. The van der Waals surface area contributed by atoms with Crippen molar-refractivity contribution in [1.29, 1.82) is 0 Å². The predicted octanol–water partition coefficient (Wildman–Crippen LogP) is 0.405. The van der Waals surface area contributed by atoms with Crippen LogP contribution in [0, 0.1) is 0 Å². The minimum atomic E-state index is -2.86. The summed E-state index contributed by atoms with van der Waals surface area (Å²) in [5.41, 5.74) is 0. The Balaban J connectivity index is 0. The fraction of sp³-hybridized carbons (Fsp3) is 1.00. The van der Waals surface area contributed by atoms with Crippen molar-refractivity contribution in [2.45, 2.75) is 11.6 Å². The molecule has 0 bridgehead atoms. The van der Waals surface area contributed by atoms with Gasteiger partial charge in [-0.05, 0) is 0 Å². The molecule has 0 aromatic heterocycles. The SMILES string of the molecule is [CH3][Al+][CH3].[N-]=S(=O)=O. The van der Waals surface area contributed by atoms with Gasteiger partial charge in [-0.25, -0.2) is 8.42 Å². The minimum absolute atomic E-state index is 0.750. The number of hydrogen-bond donors (Lipinski definition) is 0. The first-order valence-corrected chi connectivity index (χ1v) is 5.01. The van der Waals surface area contributed by atoms with E-state index in [9.17, 15) is 0 Å². The van der Waals surface area contributed by atoms with Gasteiger partial charge in [0.2, 0.25) is 0 Å². The van der Waals surface area contributed by atoms with Crippen molar-refractivity contribution in [3.63, 3.8) is 0 Å². The monoisotopic (exact) mass is 135 g/mol. The smallest absolute Gasteiger partial charge is 0.102 e. The Morgan fingerprint density at radius 1 is 1.43 bits per heavy atom. The van der Waals surface area contributed by atoms with Gasteiger partial charge >= 0.3 is 26.8 Å². The molecule has 0 N–H and O–H groups in total. The summed E-state index contributed by atoms with van der Waals surface area (Å²) in [6, 6.07) is 0. The number of nitrogens with zero attached hydrogens (tertiary/aromatic N) is 1. The molecular formula is C2H6AlNO2S. The van der Waals surface area contributed by atoms with Crippen LogP contribution in [0.1, 0.15) is 0 Å². The summed E-state index contributed by atoms with van der Waals surface area (Å²) in [5.74, 6) is 4.42. The zero-order valence-corrected chi connectivity index (χ0v) is 6.22. The third kappa shape index (κ3) is 4560. The number of rotatable bonds is 0. The van der Waals surface area contributed by atoms with E-state index in [-0.39, 0.29) is 0 Å². The van der Waals surface area contributed by atoms with Crippen LogP contribution in [0.2, 0.25) is 11.6 Å². The van der Waals surface area contributed by atoms with E-state index < -0.39 is 10.5 Å². The molecule has 0 aliphatic carbocycles. The molecule has 0 rings (SSSR count). The molecule has 0 atom stereocenters. The normalized spacial score (nSPS) is 4.86. The molecule has 0 heterocycles. The van der Waals surface area contributed by atoms with Gasteiger partial charge in [0.25, 0.3) is 0 Å². The summed E-state index contributed by atoms with van der Waals surface area (Å²) < 4.78 is 24.1. The van der Waals surface area contributed by atoms with Crippen LogP contribution < -0.4 is 0 Å². The third-order valence-electron chi connectivity index (χ3n) is 0. The van der Waals surface area contributed by atoms with Crippen LogP contribution in [-0.2, 0) is 10.5 Å². The Morgan fingerprint density at radius 2 is 1.43 bits per heavy atom. The van der Waals surface area contributed by atoms with E-state index in [1.54, 1.807) is 0 Å². The Labute approximate surface area is 50.9 Å². The van der Waals surface area contributed by atoms with Crippen LogP contribution in [0.4, 0.5) is 0 Å². The molecule has 0 radical (unpaired) electrons. The average molecular weight is 135 g/mol. The fourth-order valence-corrected chi connectivity index (χ4v) is 0. The van der Waals surface area contributed by atoms with Crippen molar-refractivity contribution in [1.82, 2.24) is 0 Å². The molecule has 0 saturated carbocycles. The van der Waals surface area contributed by atoms with Crippen molar-refractivity contribution in [3.05, 3.63) is 4.78 Å². The molecule has 0 spiro atoms. The van der Waals surface area contributed by atoms with Crippen LogP contribution in [0.15, 0.2) is 0 Å². The van der Waals surface area contributed by atoms with E-state index in [0.717, 1.165) is 15.2 Å².